The maximum Gasteiger partial charge on any atom is 0.271 e. The van der Waals surface area contributed by atoms with E-state index >= 15 is 0 Å². The van der Waals surface area contributed by atoms with Crippen LogP contribution in [0.1, 0.15) is 21.6 Å². The lowest BCUT2D eigenvalue weighted by Crippen LogP contribution is -2.26. The first-order valence-electron chi connectivity index (χ1n) is 8.71. The van der Waals surface area contributed by atoms with Crippen LogP contribution in [0.4, 0.5) is 11.5 Å². The van der Waals surface area contributed by atoms with Gasteiger partial charge in [-0.15, -0.1) is 0 Å². The number of rotatable bonds is 7. The molecule has 6 nitrogen and oxygen atoms in total. The number of aryl methyl sites for hydroxylation is 1. The topological polar surface area (TPSA) is 76.1 Å². The fourth-order valence-corrected chi connectivity index (χ4v) is 2.58. The van der Waals surface area contributed by atoms with Crippen LogP contribution in [0.5, 0.6) is 5.75 Å². The molecule has 3 aromatic rings. The number of carbonyl (C=O) groups is 1. The van der Waals surface area contributed by atoms with Crippen LogP contribution in [-0.2, 0) is 6.42 Å². The largest absolute Gasteiger partial charge is 0.497 e. The molecule has 0 radical (unpaired) electrons. The molecule has 2 N–H and O–H groups in total. The normalized spacial score (nSPS) is 10.3. The zero-order chi connectivity index (χ0) is 19.1. The number of nitrogens with zero attached hydrogens (tertiary/aromatic N) is 2. The van der Waals surface area contributed by atoms with Crippen molar-refractivity contribution in [3.05, 3.63) is 77.7 Å². The first kappa shape index (κ1) is 18.4. The van der Waals surface area contributed by atoms with Gasteiger partial charge in [-0.3, -0.25) is 4.79 Å². The summed E-state index contributed by atoms with van der Waals surface area (Å²) in [7, 11) is 1.64. The van der Waals surface area contributed by atoms with Crippen LogP contribution in [0, 0.1) is 6.92 Å². The van der Waals surface area contributed by atoms with E-state index in [2.05, 4.69) is 20.6 Å². The zero-order valence-corrected chi connectivity index (χ0v) is 15.4. The summed E-state index contributed by atoms with van der Waals surface area (Å²) in [6.45, 7) is 2.55. The molecule has 0 aliphatic heterocycles. The summed E-state index contributed by atoms with van der Waals surface area (Å²) in [6.07, 6.45) is 3.76. The number of hydrogen-bond acceptors (Lipinski definition) is 5. The van der Waals surface area contributed by atoms with E-state index in [4.69, 9.17) is 4.74 Å². The summed E-state index contributed by atoms with van der Waals surface area (Å²) in [5.74, 6) is 1.17. The second-order valence-electron chi connectivity index (χ2n) is 6.14. The van der Waals surface area contributed by atoms with E-state index in [0.29, 0.717) is 18.1 Å². The van der Waals surface area contributed by atoms with Crippen molar-refractivity contribution >= 4 is 17.4 Å². The van der Waals surface area contributed by atoms with Gasteiger partial charge in [0.1, 0.15) is 17.3 Å². The molecule has 1 heterocycles. The van der Waals surface area contributed by atoms with Crippen molar-refractivity contribution in [2.45, 2.75) is 13.3 Å². The standard InChI is InChI=1S/C21H22N4O2/c1-15-4-3-5-17(12-15)25-20-14-23-19(13-24-20)21(26)22-11-10-16-6-8-18(27-2)9-7-16/h3-9,12-14H,10-11H2,1-2H3,(H,22,26)(H,24,25). The molecule has 0 aliphatic rings. The third kappa shape index (κ3) is 5.28. The predicted octanol–water partition coefficient (Wildman–Crippen LogP) is 3.51. The van der Waals surface area contributed by atoms with Gasteiger partial charge in [-0.1, -0.05) is 24.3 Å². The number of ether oxygens (including phenoxy) is 1. The van der Waals surface area contributed by atoms with Crippen LogP contribution in [0.2, 0.25) is 0 Å². The van der Waals surface area contributed by atoms with Crippen molar-refractivity contribution in [2.75, 3.05) is 19.0 Å². The van der Waals surface area contributed by atoms with E-state index in [1.165, 1.54) is 6.20 Å². The summed E-state index contributed by atoms with van der Waals surface area (Å²) >= 11 is 0. The van der Waals surface area contributed by atoms with Gasteiger partial charge >= 0.3 is 0 Å². The number of anilines is 2. The summed E-state index contributed by atoms with van der Waals surface area (Å²) in [6, 6.07) is 15.7. The van der Waals surface area contributed by atoms with E-state index in [0.717, 1.165) is 29.0 Å². The van der Waals surface area contributed by atoms with Crippen LogP contribution < -0.4 is 15.4 Å². The molecule has 1 aromatic heterocycles. The molecule has 27 heavy (non-hydrogen) atoms. The molecule has 0 bridgehead atoms. The molecule has 0 atom stereocenters. The minimum absolute atomic E-state index is 0.238. The van der Waals surface area contributed by atoms with Crippen molar-refractivity contribution in [2.24, 2.45) is 0 Å². The monoisotopic (exact) mass is 362 g/mol. The van der Waals surface area contributed by atoms with Gasteiger partial charge in [-0.25, -0.2) is 9.97 Å². The highest BCUT2D eigenvalue weighted by molar-refractivity contribution is 5.92. The Bertz CT molecular complexity index is 893. The van der Waals surface area contributed by atoms with Gasteiger partial charge in [0.15, 0.2) is 0 Å². The first-order valence-corrected chi connectivity index (χ1v) is 8.71. The SMILES string of the molecule is COc1ccc(CCNC(=O)c2cnc(Nc3cccc(C)c3)cn2)cc1. The summed E-state index contributed by atoms with van der Waals surface area (Å²) in [4.78, 5) is 20.6. The number of benzene rings is 2. The fourth-order valence-electron chi connectivity index (χ4n) is 2.58. The van der Waals surface area contributed by atoms with Crippen molar-refractivity contribution in [1.29, 1.82) is 0 Å². The lowest BCUT2D eigenvalue weighted by Gasteiger charge is -2.08. The van der Waals surface area contributed by atoms with Gasteiger partial charge < -0.3 is 15.4 Å². The second-order valence-corrected chi connectivity index (χ2v) is 6.14. The smallest absolute Gasteiger partial charge is 0.271 e. The average molecular weight is 362 g/mol. The molecule has 138 valence electrons. The Morgan fingerprint density at radius 2 is 1.89 bits per heavy atom. The summed E-state index contributed by atoms with van der Waals surface area (Å²) in [5, 5.41) is 6.03. The number of nitrogens with one attached hydrogen (secondary N) is 2. The molecule has 0 unspecified atom stereocenters. The molecule has 3 rings (SSSR count). The van der Waals surface area contributed by atoms with Gasteiger partial charge in [0.2, 0.25) is 0 Å². The Balaban J connectivity index is 1.51. The highest BCUT2D eigenvalue weighted by atomic mass is 16.5. The highest BCUT2D eigenvalue weighted by Gasteiger charge is 2.08. The highest BCUT2D eigenvalue weighted by Crippen LogP contribution is 2.15. The molecule has 0 fully saturated rings. The summed E-state index contributed by atoms with van der Waals surface area (Å²) < 4.78 is 5.13. The van der Waals surface area contributed by atoms with Crippen LogP contribution >= 0.6 is 0 Å². The summed E-state index contributed by atoms with van der Waals surface area (Å²) in [5.41, 5.74) is 3.50. The molecular formula is C21H22N4O2. The molecule has 0 saturated carbocycles. The minimum atomic E-state index is -0.238. The van der Waals surface area contributed by atoms with E-state index < -0.39 is 0 Å². The first-order chi connectivity index (χ1) is 13.1. The van der Waals surface area contributed by atoms with Crippen molar-refractivity contribution in [1.82, 2.24) is 15.3 Å². The molecular weight excluding hydrogens is 340 g/mol. The molecule has 0 saturated heterocycles. The average Bonchev–Trinajstić information content (AvgIpc) is 2.69. The van der Waals surface area contributed by atoms with Crippen molar-refractivity contribution in [3.8, 4) is 5.75 Å². The quantitative estimate of drug-likeness (QED) is 0.673. The Labute approximate surface area is 158 Å². The Kier molecular flexibility index (Phi) is 5.99. The molecule has 6 heteroatoms. The fraction of sp³-hybridized carbons (Fsp3) is 0.190. The van der Waals surface area contributed by atoms with Gasteiger partial charge in [-0.05, 0) is 48.7 Å². The Hall–Kier alpha value is -3.41. The predicted molar refractivity (Wildman–Crippen MR) is 106 cm³/mol. The molecule has 2 aromatic carbocycles. The van der Waals surface area contributed by atoms with Gasteiger partial charge in [0.25, 0.3) is 5.91 Å². The van der Waals surface area contributed by atoms with Crippen LogP contribution in [0.25, 0.3) is 0 Å². The molecule has 0 aliphatic carbocycles. The zero-order valence-electron chi connectivity index (χ0n) is 15.4. The lowest BCUT2D eigenvalue weighted by atomic mass is 10.1. The van der Waals surface area contributed by atoms with E-state index in [-0.39, 0.29) is 5.91 Å². The number of amides is 1. The second kappa shape index (κ2) is 8.80. The molecule has 1 amide bonds. The number of aromatic nitrogens is 2. The lowest BCUT2D eigenvalue weighted by molar-refractivity contribution is 0.0949. The number of methoxy groups -OCH3 is 1. The third-order valence-electron chi connectivity index (χ3n) is 4.03. The minimum Gasteiger partial charge on any atom is -0.497 e. The van der Waals surface area contributed by atoms with Gasteiger partial charge in [0, 0.05) is 12.2 Å². The Morgan fingerprint density at radius 1 is 1.07 bits per heavy atom. The van der Waals surface area contributed by atoms with E-state index in [9.17, 15) is 4.79 Å². The van der Waals surface area contributed by atoms with E-state index in [1.807, 2.05) is 55.5 Å². The third-order valence-corrected chi connectivity index (χ3v) is 4.03. The van der Waals surface area contributed by atoms with Crippen LogP contribution in [-0.4, -0.2) is 29.5 Å². The number of carbonyl (C=O) groups excluding carboxylic acids is 1. The molecule has 0 spiro atoms. The van der Waals surface area contributed by atoms with Crippen LogP contribution in [0.15, 0.2) is 60.9 Å². The van der Waals surface area contributed by atoms with E-state index in [1.54, 1.807) is 13.3 Å². The van der Waals surface area contributed by atoms with Crippen molar-refractivity contribution < 1.29 is 9.53 Å². The Morgan fingerprint density at radius 3 is 2.56 bits per heavy atom. The van der Waals surface area contributed by atoms with Gasteiger partial charge in [-0.2, -0.15) is 0 Å². The number of hydrogen-bond donors (Lipinski definition) is 2. The maximum atomic E-state index is 12.2. The van der Waals surface area contributed by atoms with Crippen LogP contribution in [0.3, 0.4) is 0 Å². The van der Waals surface area contributed by atoms with Gasteiger partial charge in [0.05, 0.1) is 19.5 Å². The van der Waals surface area contributed by atoms with Crippen molar-refractivity contribution in [3.63, 3.8) is 0 Å². The maximum absolute atomic E-state index is 12.2.